The van der Waals surface area contributed by atoms with Crippen LogP contribution in [0.15, 0.2) is 22.7 Å². The standard InChI is InChI=1S/C13H17BrN2OS/c1-9-5-4-6-10(12(9)14)13(17)16-8-3-2-7-11(15)18/h4-6H,2-3,7-8H2,1H3,(H2,15,18)(H,16,17). The van der Waals surface area contributed by atoms with Gasteiger partial charge >= 0.3 is 0 Å². The molecule has 1 aromatic rings. The van der Waals surface area contributed by atoms with Crippen molar-refractivity contribution in [1.82, 2.24) is 5.32 Å². The maximum absolute atomic E-state index is 11.9. The Bertz CT molecular complexity index is 449. The van der Waals surface area contributed by atoms with Crippen LogP contribution in [0.5, 0.6) is 0 Å². The molecule has 0 radical (unpaired) electrons. The number of hydrogen-bond acceptors (Lipinski definition) is 2. The number of carbonyl (C=O) groups is 1. The molecule has 0 heterocycles. The first kappa shape index (κ1) is 15.1. The lowest BCUT2D eigenvalue weighted by Gasteiger charge is -2.08. The van der Waals surface area contributed by atoms with Crippen molar-refractivity contribution in [2.45, 2.75) is 26.2 Å². The molecule has 0 aliphatic heterocycles. The molecule has 0 unspecified atom stereocenters. The second-order valence-corrected chi connectivity index (χ2v) is 5.43. The summed E-state index contributed by atoms with van der Waals surface area (Å²) >= 11 is 8.22. The van der Waals surface area contributed by atoms with Crippen molar-refractivity contribution in [1.29, 1.82) is 0 Å². The minimum Gasteiger partial charge on any atom is -0.393 e. The van der Waals surface area contributed by atoms with Crippen LogP contribution in [0.1, 0.15) is 35.2 Å². The van der Waals surface area contributed by atoms with E-state index in [0.717, 1.165) is 29.3 Å². The van der Waals surface area contributed by atoms with E-state index in [0.29, 0.717) is 17.1 Å². The van der Waals surface area contributed by atoms with Gasteiger partial charge in [-0.15, -0.1) is 0 Å². The summed E-state index contributed by atoms with van der Waals surface area (Å²) in [5.74, 6) is -0.0547. The number of unbranched alkanes of at least 4 members (excludes halogenated alkanes) is 1. The quantitative estimate of drug-likeness (QED) is 0.623. The van der Waals surface area contributed by atoms with Crippen LogP contribution in [-0.4, -0.2) is 17.4 Å². The maximum atomic E-state index is 11.9. The topological polar surface area (TPSA) is 55.1 Å². The Labute approximate surface area is 121 Å². The molecule has 0 atom stereocenters. The first-order chi connectivity index (χ1) is 8.52. The molecule has 0 saturated carbocycles. The summed E-state index contributed by atoms with van der Waals surface area (Å²) in [5.41, 5.74) is 7.12. The maximum Gasteiger partial charge on any atom is 0.252 e. The molecule has 0 aliphatic carbocycles. The van der Waals surface area contributed by atoms with Crippen LogP contribution in [0.2, 0.25) is 0 Å². The predicted molar refractivity (Wildman–Crippen MR) is 81.8 cm³/mol. The molecule has 18 heavy (non-hydrogen) atoms. The van der Waals surface area contributed by atoms with Crippen LogP contribution < -0.4 is 11.1 Å². The lowest BCUT2D eigenvalue weighted by molar-refractivity contribution is 0.0952. The van der Waals surface area contributed by atoms with E-state index in [2.05, 4.69) is 21.2 Å². The molecule has 98 valence electrons. The number of thiocarbonyl (C=S) groups is 1. The molecular weight excluding hydrogens is 312 g/mol. The Kier molecular flexibility index (Phi) is 6.29. The molecule has 0 bridgehead atoms. The third-order valence-corrected chi connectivity index (χ3v) is 3.83. The Balaban J connectivity index is 2.41. The number of benzene rings is 1. The Morgan fingerprint density at radius 3 is 2.83 bits per heavy atom. The van der Waals surface area contributed by atoms with Gasteiger partial charge < -0.3 is 11.1 Å². The molecule has 1 amide bonds. The number of nitrogens with two attached hydrogens (primary N) is 1. The van der Waals surface area contributed by atoms with Gasteiger partial charge in [0, 0.05) is 11.0 Å². The van der Waals surface area contributed by atoms with E-state index in [9.17, 15) is 4.79 Å². The van der Waals surface area contributed by atoms with Gasteiger partial charge in [-0.25, -0.2) is 0 Å². The molecule has 3 N–H and O–H groups in total. The third-order valence-electron chi connectivity index (χ3n) is 2.57. The van der Waals surface area contributed by atoms with Crippen molar-refractivity contribution < 1.29 is 4.79 Å². The van der Waals surface area contributed by atoms with Crippen molar-refractivity contribution in [3.63, 3.8) is 0 Å². The molecule has 3 nitrogen and oxygen atoms in total. The fraction of sp³-hybridized carbons (Fsp3) is 0.385. The fourth-order valence-corrected chi connectivity index (χ4v) is 2.13. The number of rotatable bonds is 6. The van der Waals surface area contributed by atoms with E-state index in [1.165, 1.54) is 0 Å². The highest BCUT2D eigenvalue weighted by Crippen LogP contribution is 2.20. The summed E-state index contributed by atoms with van der Waals surface area (Å²) in [5, 5.41) is 2.89. The highest BCUT2D eigenvalue weighted by atomic mass is 79.9. The summed E-state index contributed by atoms with van der Waals surface area (Å²) < 4.78 is 0.852. The lowest BCUT2D eigenvalue weighted by Crippen LogP contribution is -2.25. The molecule has 0 fully saturated rings. The van der Waals surface area contributed by atoms with Gasteiger partial charge in [0.2, 0.25) is 0 Å². The highest BCUT2D eigenvalue weighted by molar-refractivity contribution is 9.10. The molecule has 0 spiro atoms. The molecule has 0 aliphatic rings. The van der Waals surface area contributed by atoms with Gasteiger partial charge in [0.1, 0.15) is 0 Å². The number of hydrogen-bond donors (Lipinski definition) is 2. The largest absolute Gasteiger partial charge is 0.393 e. The number of aryl methyl sites for hydroxylation is 1. The van der Waals surface area contributed by atoms with Crippen molar-refractivity contribution in [2.24, 2.45) is 5.73 Å². The van der Waals surface area contributed by atoms with Gasteiger partial charge in [0.25, 0.3) is 5.91 Å². The monoisotopic (exact) mass is 328 g/mol. The van der Waals surface area contributed by atoms with E-state index >= 15 is 0 Å². The number of nitrogens with one attached hydrogen (secondary N) is 1. The zero-order chi connectivity index (χ0) is 13.5. The second-order valence-electron chi connectivity index (χ2n) is 4.12. The average Bonchev–Trinajstić information content (AvgIpc) is 2.31. The molecule has 5 heteroatoms. The number of halogens is 1. The Morgan fingerprint density at radius 2 is 2.17 bits per heavy atom. The second kappa shape index (κ2) is 7.48. The van der Waals surface area contributed by atoms with Crippen LogP contribution in [-0.2, 0) is 0 Å². The van der Waals surface area contributed by atoms with Gasteiger partial charge in [-0.3, -0.25) is 4.79 Å². The summed E-state index contributed by atoms with van der Waals surface area (Å²) in [6, 6.07) is 5.65. The van der Waals surface area contributed by atoms with E-state index in [4.69, 9.17) is 18.0 Å². The normalized spacial score (nSPS) is 10.1. The van der Waals surface area contributed by atoms with Crippen LogP contribution in [0, 0.1) is 6.92 Å². The number of amides is 1. The van der Waals surface area contributed by atoms with Crippen LogP contribution in [0.4, 0.5) is 0 Å². The first-order valence-electron chi connectivity index (χ1n) is 5.84. The van der Waals surface area contributed by atoms with Gasteiger partial charge in [-0.05, 0) is 53.7 Å². The minimum atomic E-state index is -0.0547. The van der Waals surface area contributed by atoms with Crippen LogP contribution >= 0.6 is 28.1 Å². The predicted octanol–water partition coefficient (Wildman–Crippen LogP) is 2.94. The summed E-state index contributed by atoms with van der Waals surface area (Å²) in [4.78, 5) is 12.5. The SMILES string of the molecule is Cc1cccc(C(=O)NCCCCC(N)=S)c1Br. The van der Waals surface area contributed by atoms with E-state index in [1.54, 1.807) is 6.07 Å². The summed E-state index contributed by atoms with van der Waals surface area (Å²) in [6.45, 7) is 2.60. The number of carbonyl (C=O) groups excluding carboxylic acids is 1. The van der Waals surface area contributed by atoms with Gasteiger partial charge in [0.15, 0.2) is 0 Å². The third kappa shape index (κ3) is 4.74. The first-order valence-corrected chi connectivity index (χ1v) is 7.04. The van der Waals surface area contributed by atoms with Crippen molar-refractivity contribution >= 4 is 39.0 Å². The van der Waals surface area contributed by atoms with Gasteiger partial charge in [-0.2, -0.15) is 0 Å². The van der Waals surface area contributed by atoms with Crippen LogP contribution in [0.25, 0.3) is 0 Å². The molecule has 1 rings (SSSR count). The summed E-state index contributed by atoms with van der Waals surface area (Å²) in [7, 11) is 0. The zero-order valence-corrected chi connectivity index (χ0v) is 12.7. The summed E-state index contributed by atoms with van der Waals surface area (Å²) in [6.07, 6.45) is 2.52. The highest BCUT2D eigenvalue weighted by Gasteiger charge is 2.10. The zero-order valence-electron chi connectivity index (χ0n) is 10.3. The van der Waals surface area contributed by atoms with Gasteiger partial charge in [0.05, 0.1) is 10.6 Å². The van der Waals surface area contributed by atoms with E-state index in [1.807, 2.05) is 19.1 Å². The van der Waals surface area contributed by atoms with E-state index < -0.39 is 0 Å². The van der Waals surface area contributed by atoms with Crippen molar-refractivity contribution in [3.8, 4) is 0 Å². The minimum absolute atomic E-state index is 0.0547. The lowest BCUT2D eigenvalue weighted by atomic mass is 10.1. The van der Waals surface area contributed by atoms with Crippen molar-refractivity contribution in [2.75, 3.05) is 6.54 Å². The Morgan fingerprint density at radius 1 is 1.44 bits per heavy atom. The fourth-order valence-electron chi connectivity index (χ4n) is 1.54. The van der Waals surface area contributed by atoms with Gasteiger partial charge in [-0.1, -0.05) is 24.4 Å². The molecule has 0 aromatic heterocycles. The smallest absolute Gasteiger partial charge is 0.252 e. The van der Waals surface area contributed by atoms with Crippen molar-refractivity contribution in [3.05, 3.63) is 33.8 Å². The molecule has 0 saturated heterocycles. The molecule has 1 aromatic carbocycles. The van der Waals surface area contributed by atoms with E-state index in [-0.39, 0.29) is 5.91 Å². The Hall–Kier alpha value is -0.940. The molecular formula is C13H17BrN2OS. The average molecular weight is 329 g/mol. The van der Waals surface area contributed by atoms with Crippen LogP contribution in [0.3, 0.4) is 0 Å².